The van der Waals surface area contributed by atoms with Crippen molar-refractivity contribution in [3.63, 3.8) is 0 Å². The number of amides is 1. The average Bonchev–Trinajstić information content (AvgIpc) is 3.30. The van der Waals surface area contributed by atoms with Gasteiger partial charge >= 0.3 is 0 Å². The van der Waals surface area contributed by atoms with Crippen LogP contribution in [0.3, 0.4) is 0 Å². The highest BCUT2D eigenvalue weighted by molar-refractivity contribution is 5.92. The van der Waals surface area contributed by atoms with E-state index < -0.39 is 0 Å². The number of hydrogen-bond donors (Lipinski definition) is 1. The van der Waals surface area contributed by atoms with Gasteiger partial charge < -0.3 is 9.42 Å². The largest absolute Gasteiger partial charge is 0.361 e. The number of carbonyl (C=O) groups is 1. The topological polar surface area (TPSA) is 87.9 Å². The fourth-order valence-electron chi connectivity index (χ4n) is 3.41. The molecule has 3 aromatic rings. The Hall–Kier alpha value is -2.70. The molecule has 25 heavy (non-hydrogen) atoms. The van der Waals surface area contributed by atoms with E-state index in [9.17, 15) is 4.79 Å². The molecule has 130 valence electrons. The predicted octanol–water partition coefficient (Wildman–Crippen LogP) is 2.92. The lowest BCUT2D eigenvalue weighted by Crippen LogP contribution is -2.39. The molecule has 0 bridgehead atoms. The minimum Gasteiger partial charge on any atom is -0.361 e. The van der Waals surface area contributed by atoms with Gasteiger partial charge in [-0.1, -0.05) is 12.1 Å². The van der Waals surface area contributed by atoms with Gasteiger partial charge in [0.1, 0.15) is 5.76 Å². The first-order valence-electron chi connectivity index (χ1n) is 8.79. The Morgan fingerprint density at radius 2 is 2.36 bits per heavy atom. The number of likely N-dealkylation sites (tertiary alicyclic amines) is 1. The number of nitrogens with zero attached hydrogens (tertiary/aromatic N) is 4. The van der Waals surface area contributed by atoms with Gasteiger partial charge in [-0.15, -0.1) is 0 Å². The Bertz CT molecular complexity index is 884. The van der Waals surface area contributed by atoms with Gasteiger partial charge in [0.15, 0.2) is 11.3 Å². The molecule has 1 aliphatic heterocycles. The lowest BCUT2D eigenvalue weighted by molar-refractivity contribution is 0.0695. The molecular formula is C18H21N5O2. The van der Waals surface area contributed by atoms with E-state index in [1.165, 1.54) is 0 Å². The molecule has 0 spiro atoms. The number of hydrogen-bond acceptors (Lipinski definition) is 5. The molecule has 4 rings (SSSR count). The molecule has 4 heterocycles. The second kappa shape index (κ2) is 6.66. The Balaban J connectivity index is 1.50. The Labute approximate surface area is 145 Å². The standard InChI is InChI=1S/C18H21N5O2/c1-2-4-14-9-16(22-25-14)18(24)23-8-3-5-13(11-23)15-7-6-12-10-19-21-17(12)20-15/h6-7,9-10,13H,2-5,8,11H2,1H3,(H,19,20,21)/t13-/m0/s1. The van der Waals surface area contributed by atoms with Gasteiger partial charge in [0.05, 0.1) is 6.20 Å². The van der Waals surface area contributed by atoms with Crippen molar-refractivity contribution < 1.29 is 9.32 Å². The average molecular weight is 339 g/mol. The van der Waals surface area contributed by atoms with Crippen LogP contribution in [0.25, 0.3) is 11.0 Å². The molecule has 0 saturated carbocycles. The van der Waals surface area contributed by atoms with Crippen LogP contribution in [-0.4, -0.2) is 44.2 Å². The van der Waals surface area contributed by atoms with Crippen molar-refractivity contribution >= 4 is 16.9 Å². The van der Waals surface area contributed by atoms with Gasteiger partial charge in [-0.2, -0.15) is 5.10 Å². The normalized spacial score (nSPS) is 18.0. The van der Waals surface area contributed by atoms with Gasteiger partial charge in [-0.3, -0.25) is 9.89 Å². The van der Waals surface area contributed by atoms with E-state index in [2.05, 4.69) is 27.3 Å². The summed E-state index contributed by atoms with van der Waals surface area (Å²) in [6.45, 7) is 3.47. The van der Waals surface area contributed by atoms with Crippen molar-refractivity contribution in [2.45, 2.75) is 38.5 Å². The first-order chi connectivity index (χ1) is 12.2. The van der Waals surface area contributed by atoms with Crippen molar-refractivity contribution in [2.75, 3.05) is 13.1 Å². The third kappa shape index (κ3) is 3.14. The van der Waals surface area contributed by atoms with Crippen LogP contribution in [0.4, 0.5) is 0 Å². The van der Waals surface area contributed by atoms with Gasteiger partial charge in [0.2, 0.25) is 0 Å². The third-order valence-corrected chi connectivity index (χ3v) is 4.72. The fourth-order valence-corrected chi connectivity index (χ4v) is 3.41. The summed E-state index contributed by atoms with van der Waals surface area (Å²) in [5.41, 5.74) is 2.20. The van der Waals surface area contributed by atoms with Crippen LogP contribution in [0.5, 0.6) is 0 Å². The SMILES string of the molecule is CCCc1cc(C(=O)N2CCC[C@H](c3ccc4cn[nH]c4n3)C2)no1. The first-order valence-corrected chi connectivity index (χ1v) is 8.79. The van der Waals surface area contributed by atoms with Gasteiger partial charge in [0, 0.05) is 42.6 Å². The number of pyridine rings is 1. The summed E-state index contributed by atoms with van der Waals surface area (Å²) in [5, 5.41) is 11.9. The number of aromatic amines is 1. The number of rotatable bonds is 4. The van der Waals surface area contributed by atoms with Crippen molar-refractivity contribution in [2.24, 2.45) is 0 Å². The van der Waals surface area contributed by atoms with Gasteiger partial charge in [-0.05, 0) is 31.4 Å². The van der Waals surface area contributed by atoms with E-state index in [4.69, 9.17) is 4.52 Å². The zero-order valence-electron chi connectivity index (χ0n) is 14.2. The van der Waals surface area contributed by atoms with E-state index >= 15 is 0 Å². The van der Waals surface area contributed by atoms with Crippen LogP contribution in [0.1, 0.15) is 54.0 Å². The molecule has 1 atom stereocenters. The molecule has 3 aromatic heterocycles. The molecule has 0 aromatic carbocycles. The van der Waals surface area contributed by atoms with E-state index in [-0.39, 0.29) is 11.8 Å². The second-order valence-corrected chi connectivity index (χ2v) is 6.56. The van der Waals surface area contributed by atoms with Gasteiger partial charge in [0.25, 0.3) is 5.91 Å². The number of H-pyrrole nitrogens is 1. The summed E-state index contributed by atoms with van der Waals surface area (Å²) in [5.74, 6) is 0.941. The number of carbonyl (C=O) groups excluding carboxylic acids is 1. The number of fused-ring (bicyclic) bond motifs is 1. The van der Waals surface area contributed by atoms with Crippen LogP contribution in [-0.2, 0) is 6.42 Å². The fraction of sp³-hybridized carbons (Fsp3) is 0.444. The maximum Gasteiger partial charge on any atom is 0.276 e. The highest BCUT2D eigenvalue weighted by Crippen LogP contribution is 2.27. The maximum absolute atomic E-state index is 12.7. The lowest BCUT2D eigenvalue weighted by Gasteiger charge is -2.32. The van der Waals surface area contributed by atoms with E-state index in [0.29, 0.717) is 12.2 Å². The molecule has 7 heteroatoms. The zero-order valence-corrected chi connectivity index (χ0v) is 14.2. The van der Waals surface area contributed by atoms with Crippen LogP contribution in [0, 0.1) is 0 Å². The Morgan fingerprint density at radius 3 is 3.24 bits per heavy atom. The summed E-state index contributed by atoms with van der Waals surface area (Å²) >= 11 is 0. The summed E-state index contributed by atoms with van der Waals surface area (Å²) < 4.78 is 5.25. The Morgan fingerprint density at radius 1 is 1.44 bits per heavy atom. The number of aryl methyl sites for hydroxylation is 1. The van der Waals surface area contributed by atoms with E-state index in [0.717, 1.165) is 54.7 Å². The summed E-state index contributed by atoms with van der Waals surface area (Å²) in [6.07, 6.45) is 5.52. The van der Waals surface area contributed by atoms with Gasteiger partial charge in [-0.25, -0.2) is 4.98 Å². The number of piperidine rings is 1. The zero-order chi connectivity index (χ0) is 17.2. The highest BCUT2D eigenvalue weighted by Gasteiger charge is 2.28. The second-order valence-electron chi connectivity index (χ2n) is 6.56. The lowest BCUT2D eigenvalue weighted by atomic mass is 9.94. The molecule has 1 fully saturated rings. The van der Waals surface area contributed by atoms with Crippen molar-refractivity contribution in [1.82, 2.24) is 25.2 Å². The molecule has 0 radical (unpaired) electrons. The maximum atomic E-state index is 12.7. The first kappa shape index (κ1) is 15.8. The van der Waals surface area contributed by atoms with E-state index in [1.807, 2.05) is 17.0 Å². The van der Waals surface area contributed by atoms with Crippen LogP contribution in [0.15, 0.2) is 28.9 Å². The number of nitrogens with one attached hydrogen (secondary N) is 1. The molecule has 0 aliphatic carbocycles. The molecule has 1 amide bonds. The molecule has 7 nitrogen and oxygen atoms in total. The molecule has 0 unspecified atom stereocenters. The van der Waals surface area contributed by atoms with Crippen LogP contribution in [0.2, 0.25) is 0 Å². The highest BCUT2D eigenvalue weighted by atomic mass is 16.5. The summed E-state index contributed by atoms with van der Waals surface area (Å²) in [6, 6.07) is 5.83. The van der Waals surface area contributed by atoms with Crippen LogP contribution < -0.4 is 0 Å². The third-order valence-electron chi connectivity index (χ3n) is 4.72. The van der Waals surface area contributed by atoms with Crippen molar-refractivity contribution in [3.8, 4) is 0 Å². The summed E-state index contributed by atoms with van der Waals surface area (Å²) in [4.78, 5) is 19.3. The Kier molecular flexibility index (Phi) is 4.21. The van der Waals surface area contributed by atoms with Crippen molar-refractivity contribution in [1.29, 1.82) is 0 Å². The van der Waals surface area contributed by atoms with Crippen molar-refractivity contribution in [3.05, 3.63) is 41.5 Å². The monoisotopic (exact) mass is 339 g/mol. The molecule has 1 aliphatic rings. The molecule has 1 N–H and O–H groups in total. The minimum atomic E-state index is -0.0570. The van der Waals surface area contributed by atoms with Crippen LogP contribution >= 0.6 is 0 Å². The van der Waals surface area contributed by atoms with E-state index in [1.54, 1.807) is 12.3 Å². The predicted molar refractivity (Wildman–Crippen MR) is 92.3 cm³/mol. The molecular weight excluding hydrogens is 318 g/mol. The minimum absolute atomic E-state index is 0.0570. The quantitative estimate of drug-likeness (QED) is 0.789. The number of aromatic nitrogens is 4. The molecule has 1 saturated heterocycles. The summed E-state index contributed by atoms with van der Waals surface area (Å²) in [7, 11) is 0. The smallest absolute Gasteiger partial charge is 0.276 e.